The molecule has 0 amide bonds. The summed E-state index contributed by atoms with van der Waals surface area (Å²) in [5.74, 6) is -0.328. The first kappa shape index (κ1) is 26.4. The average Bonchev–Trinajstić information content (AvgIpc) is 2.39. The van der Waals surface area contributed by atoms with E-state index in [9.17, 15) is 21.4 Å². The van der Waals surface area contributed by atoms with Gasteiger partial charge in [-0.15, -0.1) is 0 Å². The molecule has 0 aliphatic carbocycles. The molecule has 0 aliphatic heterocycles. The molecule has 9 heteroatoms. The predicted molar refractivity (Wildman–Crippen MR) is 92.7 cm³/mol. The summed E-state index contributed by atoms with van der Waals surface area (Å²) in [7, 11) is -7.47. The van der Waals surface area contributed by atoms with Crippen molar-refractivity contribution in [2.24, 2.45) is 0 Å². The number of sulfone groups is 1. The molecule has 0 rings (SSSR count). The van der Waals surface area contributed by atoms with Crippen molar-refractivity contribution in [1.29, 1.82) is 0 Å². The first-order chi connectivity index (χ1) is 10.3. The molecule has 0 bridgehead atoms. The van der Waals surface area contributed by atoms with Crippen LogP contribution in [0, 0.1) is 0 Å². The summed E-state index contributed by atoms with van der Waals surface area (Å²) in [6.45, 7) is 2.20. The minimum atomic E-state index is -4.39. The van der Waals surface area contributed by atoms with Gasteiger partial charge in [-0.1, -0.05) is 64.7 Å². The molecule has 0 radical (unpaired) electrons. The number of rotatable bonds is 15. The van der Waals surface area contributed by atoms with Gasteiger partial charge in [0.2, 0.25) is 0 Å². The molecule has 0 aromatic heterocycles. The van der Waals surface area contributed by atoms with Crippen molar-refractivity contribution in [2.45, 2.75) is 71.1 Å². The van der Waals surface area contributed by atoms with Crippen LogP contribution in [0.3, 0.4) is 0 Å². The zero-order valence-corrected chi connectivity index (χ0v) is 18.9. The van der Waals surface area contributed by atoms with Gasteiger partial charge in [-0.25, -0.2) is 16.8 Å². The van der Waals surface area contributed by atoms with Gasteiger partial charge in [0.1, 0.15) is 9.15 Å². The molecule has 0 aliphatic rings. The molecule has 0 spiro atoms. The van der Waals surface area contributed by atoms with E-state index in [0.717, 1.165) is 19.3 Å². The Kier molecular flexibility index (Phi) is 17.8. The van der Waals surface area contributed by atoms with E-state index in [1.54, 1.807) is 0 Å². The molecule has 0 saturated carbocycles. The second-order valence-corrected chi connectivity index (χ2v) is 11.3. The van der Waals surface area contributed by atoms with Gasteiger partial charge in [0, 0.05) is 5.75 Å². The fourth-order valence-electron chi connectivity index (χ4n) is 2.17. The molecule has 0 unspecified atom stereocenters. The van der Waals surface area contributed by atoms with Crippen LogP contribution in [0.5, 0.6) is 0 Å². The molecule has 0 atom stereocenters. The van der Waals surface area contributed by atoms with Crippen LogP contribution in [-0.2, 0) is 19.0 Å². The Labute approximate surface area is 168 Å². The smallest absolute Gasteiger partial charge is 0.739 e. The van der Waals surface area contributed by atoms with Crippen molar-refractivity contribution in [3.05, 3.63) is 0 Å². The molecule has 134 valence electrons. The molecular weight excluding hydrogens is 367 g/mol. The Bertz CT molecular complexity index is 463. The Morgan fingerprint density at radius 1 is 0.739 bits per heavy atom. The van der Waals surface area contributed by atoms with Crippen LogP contribution in [0.15, 0.2) is 0 Å². The van der Waals surface area contributed by atoms with Crippen molar-refractivity contribution >= 4 is 29.8 Å². The van der Waals surface area contributed by atoms with Gasteiger partial charge in [0.15, 0.2) is 9.84 Å². The van der Waals surface area contributed by atoms with Crippen molar-refractivity contribution in [3.63, 3.8) is 0 Å². The third-order valence-electron chi connectivity index (χ3n) is 3.43. The molecule has 0 aromatic rings. The van der Waals surface area contributed by atoms with E-state index in [4.69, 9.17) is 0 Å². The maximum absolute atomic E-state index is 11.6. The second kappa shape index (κ2) is 15.5. The van der Waals surface area contributed by atoms with Gasteiger partial charge >= 0.3 is 29.6 Å². The molecule has 5 nitrogen and oxygen atoms in total. The van der Waals surface area contributed by atoms with Crippen molar-refractivity contribution in [1.82, 2.24) is 0 Å². The monoisotopic (exact) mass is 396 g/mol. The maximum Gasteiger partial charge on any atom is 1.00 e. The fourth-order valence-corrected chi connectivity index (χ4v) is 5.74. The van der Waals surface area contributed by atoms with E-state index in [-0.39, 0.29) is 57.6 Å². The van der Waals surface area contributed by atoms with Crippen LogP contribution in [0.2, 0.25) is 0 Å². The van der Waals surface area contributed by atoms with Gasteiger partial charge in [-0.2, -0.15) is 0 Å². The van der Waals surface area contributed by atoms with Crippen LogP contribution in [-0.4, -0.2) is 38.6 Å². The topological polar surface area (TPSA) is 91.3 Å². The third-order valence-corrected chi connectivity index (χ3v) is 7.45. The number of hydrogen-bond acceptors (Lipinski definition) is 6. The molecule has 23 heavy (non-hydrogen) atoms. The summed E-state index contributed by atoms with van der Waals surface area (Å²) in [5.41, 5.74) is 0. The zero-order chi connectivity index (χ0) is 16.9. The van der Waals surface area contributed by atoms with E-state index in [0.29, 0.717) is 6.42 Å². The molecule has 0 fully saturated rings. The minimum absolute atomic E-state index is 0. The number of unbranched alkanes of at least 4 members (excludes halogenated alkanes) is 9. The van der Waals surface area contributed by atoms with Crippen LogP contribution < -0.4 is 29.6 Å². The van der Waals surface area contributed by atoms with Crippen LogP contribution >= 0.6 is 10.8 Å². The van der Waals surface area contributed by atoms with E-state index < -0.39 is 19.0 Å². The first-order valence-corrected chi connectivity index (χ1v) is 12.8. The molecule has 0 N–H and O–H groups in total. The van der Waals surface area contributed by atoms with Gasteiger partial charge in [0.05, 0.1) is 11.5 Å². The normalized spacial score (nSPS) is 12.1. The minimum Gasteiger partial charge on any atom is -0.739 e. The zero-order valence-electron chi connectivity index (χ0n) is 14.5. The Balaban J connectivity index is 0. The molecule has 0 saturated heterocycles. The van der Waals surface area contributed by atoms with E-state index in [1.807, 2.05) is 0 Å². The third kappa shape index (κ3) is 21.2. The predicted octanol–water partition coefficient (Wildman–Crippen LogP) is 0.520. The number of hydrogen-bond donors (Lipinski definition) is 0. The van der Waals surface area contributed by atoms with Crippen LogP contribution in [0.1, 0.15) is 71.1 Å². The average molecular weight is 397 g/mol. The Hall–Kier alpha value is 1.21. The van der Waals surface area contributed by atoms with Gasteiger partial charge in [0.25, 0.3) is 0 Å². The van der Waals surface area contributed by atoms with E-state index in [1.165, 1.54) is 38.5 Å². The van der Waals surface area contributed by atoms with Crippen LogP contribution in [0.25, 0.3) is 0 Å². The summed E-state index contributed by atoms with van der Waals surface area (Å²) in [4.78, 5) is 0. The van der Waals surface area contributed by atoms with Crippen molar-refractivity contribution in [3.8, 4) is 0 Å². The molecular formula is C14H29NaO5S3. The standard InChI is InChI=1S/C14H30O5S3.Na/c1-2-3-4-5-6-7-8-9-10-11-13-21(15,16)14-12-20-22(17,18)19;/h2-14H2,1H3,(H,17,18,19);/q;+1/p-1. The maximum atomic E-state index is 11.6. The van der Waals surface area contributed by atoms with E-state index >= 15 is 0 Å². The summed E-state index contributed by atoms with van der Waals surface area (Å²) < 4.78 is 54.4. The molecule has 0 aromatic carbocycles. The molecule has 0 heterocycles. The van der Waals surface area contributed by atoms with Gasteiger partial charge in [-0.05, 0) is 17.2 Å². The van der Waals surface area contributed by atoms with Gasteiger partial charge in [-0.3, -0.25) is 0 Å². The summed E-state index contributed by atoms with van der Waals surface area (Å²) in [6, 6.07) is 0. The van der Waals surface area contributed by atoms with Crippen molar-refractivity contribution in [2.75, 3.05) is 17.3 Å². The Morgan fingerprint density at radius 3 is 1.61 bits per heavy atom. The Morgan fingerprint density at radius 2 is 1.17 bits per heavy atom. The quantitative estimate of drug-likeness (QED) is 0.173. The second-order valence-electron chi connectivity index (χ2n) is 5.56. The fraction of sp³-hybridized carbons (Fsp3) is 1.00. The largest absolute Gasteiger partial charge is 1.00 e. The van der Waals surface area contributed by atoms with Crippen LogP contribution in [0.4, 0.5) is 0 Å². The SMILES string of the molecule is CCCCCCCCCCCCS(=O)(=O)CCSS(=O)(=O)[O-].[Na+]. The first-order valence-electron chi connectivity index (χ1n) is 8.07. The summed E-state index contributed by atoms with van der Waals surface area (Å²) in [6.07, 6.45) is 11.4. The summed E-state index contributed by atoms with van der Waals surface area (Å²) in [5, 5.41) is 0. The van der Waals surface area contributed by atoms with Gasteiger partial charge < -0.3 is 4.55 Å². The summed E-state index contributed by atoms with van der Waals surface area (Å²) >= 11 is 0. The van der Waals surface area contributed by atoms with E-state index in [2.05, 4.69) is 6.92 Å². The van der Waals surface area contributed by atoms with Crippen molar-refractivity contribution < 1.29 is 50.9 Å².